The molecule has 0 atom stereocenters. The Balaban J connectivity index is 0.00000289. The minimum Gasteiger partial charge on any atom is -1.00 e. The van der Waals surface area contributed by atoms with Crippen molar-refractivity contribution in [3.63, 3.8) is 0 Å². The molecule has 3 aromatic rings. The van der Waals surface area contributed by atoms with Crippen LogP contribution in [0.4, 0.5) is 0 Å². The van der Waals surface area contributed by atoms with Crippen molar-refractivity contribution in [2.75, 3.05) is 0 Å². The van der Waals surface area contributed by atoms with Crippen LogP contribution in [-0.4, -0.2) is 0 Å². The fourth-order valence-corrected chi connectivity index (χ4v) is 4.59. The number of pyridine rings is 2. The lowest BCUT2D eigenvalue weighted by molar-refractivity contribution is -0.703. The van der Waals surface area contributed by atoms with Gasteiger partial charge in [0.1, 0.15) is 13.1 Å². The van der Waals surface area contributed by atoms with E-state index >= 15 is 0 Å². The van der Waals surface area contributed by atoms with Gasteiger partial charge < -0.3 is 34.0 Å². The van der Waals surface area contributed by atoms with Gasteiger partial charge in [0.05, 0.1) is 0 Å². The first-order valence-corrected chi connectivity index (χ1v) is 12.5. The van der Waals surface area contributed by atoms with E-state index in [4.69, 9.17) is 0 Å². The maximum absolute atomic E-state index is 2.44. The van der Waals surface area contributed by atoms with Crippen molar-refractivity contribution >= 4 is 0 Å². The Kier molecular flexibility index (Phi) is 14.5. The number of hydrogen-bond donors (Lipinski definition) is 0. The van der Waals surface area contributed by atoms with Crippen LogP contribution in [0.1, 0.15) is 72.2 Å². The molecule has 1 aromatic carbocycles. The van der Waals surface area contributed by atoms with Gasteiger partial charge in [0.2, 0.25) is 0 Å². The lowest BCUT2D eigenvalue weighted by atomic mass is 10.0. The molecule has 0 N–H and O–H groups in total. The Morgan fingerprint density at radius 2 is 0.971 bits per heavy atom. The number of hydrogen-bond acceptors (Lipinski definition) is 0. The third-order valence-electron chi connectivity index (χ3n) is 6.53. The van der Waals surface area contributed by atoms with Gasteiger partial charge >= 0.3 is 0 Å². The van der Waals surface area contributed by atoms with Crippen molar-refractivity contribution in [2.24, 2.45) is 0 Å². The van der Waals surface area contributed by atoms with E-state index in [2.05, 4.69) is 97.8 Å². The van der Waals surface area contributed by atoms with Gasteiger partial charge in [-0.2, -0.15) is 0 Å². The number of halogens is 2. The van der Waals surface area contributed by atoms with Gasteiger partial charge in [-0.3, -0.25) is 0 Å². The molecular weight excluding hydrogens is 548 g/mol. The standard InChI is InChI=1S/C30H42N2.2BrH/c1-25-16-20-31(27(3)22-25)18-9-5-7-12-29-14-11-15-30(24-29)13-8-6-10-19-32-21-17-26(2)23-28(32)4;;/h11,14-17,20-24H,5-10,12-13,18-19H2,1-4H3;2*1H/q+2;;/p-2. The number of benzene rings is 1. The normalized spacial score (nSPS) is 10.5. The number of aryl methyl sites for hydroxylation is 8. The number of unbranched alkanes of at least 4 members (excludes halogenated alkanes) is 4. The molecule has 0 bridgehead atoms. The van der Waals surface area contributed by atoms with Crippen LogP contribution in [0.2, 0.25) is 0 Å². The Hall–Kier alpha value is -1.52. The first-order valence-electron chi connectivity index (χ1n) is 12.5. The largest absolute Gasteiger partial charge is 1.00 e. The molecule has 3 rings (SSSR count). The van der Waals surface area contributed by atoms with Crippen LogP contribution in [0.5, 0.6) is 0 Å². The molecule has 0 aliphatic rings. The average molecular weight is 590 g/mol. The summed E-state index contributed by atoms with van der Waals surface area (Å²) in [5.41, 5.74) is 8.44. The van der Waals surface area contributed by atoms with Crippen molar-refractivity contribution < 1.29 is 43.1 Å². The van der Waals surface area contributed by atoms with Crippen LogP contribution in [0, 0.1) is 27.7 Å². The van der Waals surface area contributed by atoms with Crippen LogP contribution in [0.25, 0.3) is 0 Å². The van der Waals surface area contributed by atoms with Crippen LogP contribution >= 0.6 is 0 Å². The first kappa shape index (κ1) is 30.5. The smallest absolute Gasteiger partial charge is 0.178 e. The van der Waals surface area contributed by atoms with Gasteiger partial charge in [-0.05, 0) is 74.6 Å². The molecular formula is C30H42Br2N2. The van der Waals surface area contributed by atoms with Crippen LogP contribution in [0.3, 0.4) is 0 Å². The van der Waals surface area contributed by atoms with E-state index in [-0.39, 0.29) is 34.0 Å². The van der Waals surface area contributed by atoms with Crippen molar-refractivity contribution in [1.29, 1.82) is 0 Å². The molecule has 2 aromatic heterocycles. The highest BCUT2D eigenvalue weighted by molar-refractivity contribution is 5.23. The molecule has 0 amide bonds. The fourth-order valence-electron chi connectivity index (χ4n) is 4.59. The lowest BCUT2D eigenvalue weighted by Gasteiger charge is -2.06. The van der Waals surface area contributed by atoms with Crippen LogP contribution < -0.4 is 43.1 Å². The molecule has 2 heterocycles. The maximum Gasteiger partial charge on any atom is 0.178 e. The van der Waals surface area contributed by atoms with Crippen LogP contribution in [0.15, 0.2) is 60.9 Å². The van der Waals surface area contributed by atoms with E-state index in [0.717, 1.165) is 13.1 Å². The monoisotopic (exact) mass is 588 g/mol. The second-order valence-electron chi connectivity index (χ2n) is 9.52. The molecule has 4 heteroatoms. The summed E-state index contributed by atoms with van der Waals surface area (Å²) in [5.74, 6) is 0. The SMILES string of the molecule is Cc1cc[n+](CCCCCc2cccc(CCCCC[n+]3ccc(C)cc3C)c2)c(C)c1.[Br-].[Br-]. The van der Waals surface area contributed by atoms with Gasteiger partial charge in [0.15, 0.2) is 23.8 Å². The van der Waals surface area contributed by atoms with Gasteiger partial charge in [-0.15, -0.1) is 0 Å². The highest BCUT2D eigenvalue weighted by atomic mass is 79.9. The summed E-state index contributed by atoms with van der Waals surface area (Å²) in [6.45, 7) is 11.0. The Morgan fingerprint density at radius 1 is 0.529 bits per heavy atom. The first-order chi connectivity index (χ1) is 15.5. The second kappa shape index (κ2) is 16.2. The number of rotatable bonds is 12. The highest BCUT2D eigenvalue weighted by Gasteiger charge is 2.07. The second-order valence-corrected chi connectivity index (χ2v) is 9.52. The molecule has 0 saturated heterocycles. The highest BCUT2D eigenvalue weighted by Crippen LogP contribution is 2.13. The predicted molar refractivity (Wildman–Crippen MR) is 134 cm³/mol. The van der Waals surface area contributed by atoms with Crippen molar-refractivity contribution in [1.82, 2.24) is 0 Å². The Morgan fingerprint density at radius 3 is 1.38 bits per heavy atom. The van der Waals surface area contributed by atoms with E-state index in [1.165, 1.54) is 85.0 Å². The molecule has 0 aliphatic carbocycles. The lowest BCUT2D eigenvalue weighted by Crippen LogP contribution is -3.00. The summed E-state index contributed by atoms with van der Waals surface area (Å²) in [4.78, 5) is 0. The topological polar surface area (TPSA) is 7.76 Å². The minimum absolute atomic E-state index is 0. The molecule has 186 valence electrons. The van der Waals surface area contributed by atoms with Crippen LogP contribution in [-0.2, 0) is 25.9 Å². The van der Waals surface area contributed by atoms with E-state index in [1.54, 1.807) is 0 Å². The molecule has 0 fully saturated rings. The van der Waals surface area contributed by atoms with Gasteiger partial charge in [-0.25, -0.2) is 9.13 Å². The summed E-state index contributed by atoms with van der Waals surface area (Å²) in [7, 11) is 0. The zero-order chi connectivity index (χ0) is 22.8. The van der Waals surface area contributed by atoms with E-state index < -0.39 is 0 Å². The maximum atomic E-state index is 2.44. The molecule has 2 nitrogen and oxygen atoms in total. The zero-order valence-electron chi connectivity index (χ0n) is 21.5. The van der Waals surface area contributed by atoms with Crippen molar-refractivity contribution in [3.05, 3.63) is 94.6 Å². The van der Waals surface area contributed by atoms with Gasteiger partial charge in [0, 0.05) is 51.0 Å². The molecule has 0 spiro atoms. The molecule has 0 radical (unpaired) electrons. The molecule has 34 heavy (non-hydrogen) atoms. The fraction of sp³-hybridized carbons (Fsp3) is 0.467. The van der Waals surface area contributed by atoms with E-state index in [0.29, 0.717) is 0 Å². The molecule has 0 aliphatic heterocycles. The van der Waals surface area contributed by atoms with E-state index in [9.17, 15) is 0 Å². The average Bonchev–Trinajstić information content (AvgIpc) is 2.76. The van der Waals surface area contributed by atoms with Crippen molar-refractivity contribution in [2.45, 2.75) is 92.2 Å². The zero-order valence-corrected chi connectivity index (χ0v) is 24.7. The summed E-state index contributed by atoms with van der Waals surface area (Å²) < 4.78 is 4.76. The summed E-state index contributed by atoms with van der Waals surface area (Å²) >= 11 is 0. The molecule has 0 saturated carbocycles. The summed E-state index contributed by atoms with van der Waals surface area (Å²) in [6.07, 6.45) is 14.5. The van der Waals surface area contributed by atoms with Crippen molar-refractivity contribution in [3.8, 4) is 0 Å². The number of aromatic nitrogens is 2. The Bertz CT molecular complexity index is 924. The van der Waals surface area contributed by atoms with Gasteiger partial charge in [0.25, 0.3) is 0 Å². The predicted octanol–water partition coefficient (Wildman–Crippen LogP) is 0.329. The summed E-state index contributed by atoms with van der Waals surface area (Å²) in [6, 6.07) is 18.3. The van der Waals surface area contributed by atoms with E-state index in [1.807, 2.05) is 0 Å². The molecule has 0 unspecified atom stereocenters. The minimum atomic E-state index is 0. The number of nitrogens with zero attached hydrogens (tertiary/aromatic N) is 2. The third kappa shape index (κ3) is 10.4. The quantitative estimate of drug-likeness (QED) is 0.212. The third-order valence-corrected chi connectivity index (χ3v) is 6.53. The Labute approximate surface area is 229 Å². The summed E-state index contributed by atoms with van der Waals surface area (Å²) in [5, 5.41) is 0. The van der Waals surface area contributed by atoms with Gasteiger partial charge in [-0.1, -0.05) is 24.3 Å².